The highest BCUT2D eigenvalue weighted by atomic mass is 32.2. The molecule has 0 atom stereocenters. The molecule has 1 aromatic heterocycles. The molecule has 1 aliphatic carbocycles. The Bertz CT molecular complexity index is 863. The van der Waals surface area contributed by atoms with E-state index in [0.29, 0.717) is 11.0 Å². The van der Waals surface area contributed by atoms with Crippen LogP contribution in [0.5, 0.6) is 0 Å². The molecule has 0 aliphatic heterocycles. The molecule has 3 rings (SSSR count). The third-order valence-corrected chi connectivity index (χ3v) is 6.55. The average molecular weight is 417 g/mol. The number of rotatable bonds is 6. The fraction of sp³-hybridized carbons (Fsp3) is 0.565. The van der Waals surface area contributed by atoms with Gasteiger partial charge in [-0.15, -0.1) is 0 Å². The van der Waals surface area contributed by atoms with Crippen LogP contribution in [0.25, 0.3) is 11.0 Å². The van der Waals surface area contributed by atoms with E-state index in [1.165, 1.54) is 37.0 Å². The maximum absolute atomic E-state index is 13.1. The normalized spacial score (nSPS) is 15.4. The topological polar surface area (TPSA) is 62.6 Å². The Morgan fingerprint density at radius 1 is 1.17 bits per heavy atom. The Hall–Kier alpha value is -1.95. The molecule has 0 bridgehead atoms. The second-order valence-electron chi connectivity index (χ2n) is 8.94. The molecule has 1 aliphatic rings. The Morgan fingerprint density at radius 2 is 1.86 bits per heavy atom. The van der Waals surface area contributed by atoms with Crippen molar-refractivity contribution in [3.63, 3.8) is 0 Å². The van der Waals surface area contributed by atoms with Crippen molar-refractivity contribution in [2.45, 2.75) is 69.4 Å². The summed E-state index contributed by atoms with van der Waals surface area (Å²) in [4.78, 5) is 26.8. The first kappa shape index (κ1) is 21.8. The molecule has 1 saturated carbocycles. The summed E-state index contributed by atoms with van der Waals surface area (Å²) in [5.41, 5.74) is 1.34. The number of carbonyl (C=O) groups excluding carboxylic acids is 2. The standard InChI is InChI=1S/C23H32N2O3S/c1-23(2,3)24-20(26)14-25(4)22(27)21-18(15-29-16-10-6-5-7-11-16)17-12-8-9-13-19(17)28-21/h8-9,12-13,16H,5-7,10-11,14-15H2,1-4H3,(H,24,26). The first-order valence-electron chi connectivity index (χ1n) is 10.4. The Morgan fingerprint density at radius 3 is 2.55 bits per heavy atom. The summed E-state index contributed by atoms with van der Waals surface area (Å²) >= 11 is 1.92. The number of nitrogens with one attached hydrogen (secondary N) is 1. The van der Waals surface area contributed by atoms with Gasteiger partial charge in [-0.25, -0.2) is 0 Å². The predicted octanol–water partition coefficient (Wildman–Crippen LogP) is 4.99. The van der Waals surface area contributed by atoms with Crippen LogP contribution in [0.1, 0.15) is 69.0 Å². The number of thioether (sulfide) groups is 1. The predicted molar refractivity (Wildman–Crippen MR) is 119 cm³/mol. The Labute approximate surface area is 177 Å². The van der Waals surface area contributed by atoms with Crippen molar-refractivity contribution in [3.8, 4) is 0 Å². The molecule has 0 saturated heterocycles. The van der Waals surface area contributed by atoms with Crippen LogP contribution in [0, 0.1) is 0 Å². The summed E-state index contributed by atoms with van der Waals surface area (Å²) in [6.45, 7) is 5.77. The average Bonchev–Trinajstić information content (AvgIpc) is 3.03. The number of carbonyl (C=O) groups is 2. The summed E-state index contributed by atoms with van der Waals surface area (Å²) in [5, 5.41) is 4.54. The van der Waals surface area contributed by atoms with Crippen molar-refractivity contribution in [1.29, 1.82) is 0 Å². The van der Waals surface area contributed by atoms with Crippen molar-refractivity contribution in [2.75, 3.05) is 13.6 Å². The zero-order chi connectivity index (χ0) is 21.0. The first-order valence-corrected chi connectivity index (χ1v) is 11.5. The molecule has 2 aromatic rings. The molecule has 0 unspecified atom stereocenters. The van der Waals surface area contributed by atoms with Gasteiger partial charge in [-0.1, -0.05) is 37.5 Å². The number of amides is 2. The van der Waals surface area contributed by atoms with Gasteiger partial charge >= 0.3 is 0 Å². The molecule has 1 heterocycles. The zero-order valence-corrected chi connectivity index (χ0v) is 18.7. The van der Waals surface area contributed by atoms with Crippen LogP contribution in [0.15, 0.2) is 28.7 Å². The van der Waals surface area contributed by atoms with Gasteiger partial charge in [0, 0.05) is 34.5 Å². The lowest BCUT2D eigenvalue weighted by Crippen LogP contribution is -2.46. The highest BCUT2D eigenvalue weighted by Crippen LogP contribution is 2.35. The van der Waals surface area contributed by atoms with Gasteiger partial charge in [0.2, 0.25) is 5.91 Å². The van der Waals surface area contributed by atoms with Crippen molar-refractivity contribution in [2.24, 2.45) is 0 Å². The fourth-order valence-electron chi connectivity index (χ4n) is 3.77. The van der Waals surface area contributed by atoms with Gasteiger partial charge in [0.05, 0.1) is 6.54 Å². The van der Waals surface area contributed by atoms with Crippen molar-refractivity contribution in [1.82, 2.24) is 10.2 Å². The van der Waals surface area contributed by atoms with Gasteiger partial charge < -0.3 is 14.6 Å². The van der Waals surface area contributed by atoms with Gasteiger partial charge in [-0.3, -0.25) is 9.59 Å². The monoisotopic (exact) mass is 416 g/mol. The third-order valence-electron chi connectivity index (χ3n) is 5.15. The van der Waals surface area contributed by atoms with Gasteiger partial charge in [0.25, 0.3) is 5.91 Å². The van der Waals surface area contributed by atoms with Crippen molar-refractivity contribution < 1.29 is 14.0 Å². The molecule has 0 spiro atoms. The smallest absolute Gasteiger partial charge is 0.290 e. The number of hydrogen-bond donors (Lipinski definition) is 1. The van der Waals surface area contributed by atoms with Gasteiger partial charge in [0.1, 0.15) is 5.58 Å². The number of para-hydroxylation sites is 1. The molecule has 1 N–H and O–H groups in total. The quantitative estimate of drug-likeness (QED) is 0.721. The largest absolute Gasteiger partial charge is 0.451 e. The minimum absolute atomic E-state index is 0.00234. The number of fused-ring (bicyclic) bond motifs is 1. The Balaban J connectivity index is 1.78. The number of furan rings is 1. The second kappa shape index (κ2) is 9.24. The van der Waals surface area contributed by atoms with Crippen LogP contribution in [-0.2, 0) is 10.5 Å². The van der Waals surface area contributed by atoms with E-state index in [1.807, 2.05) is 56.8 Å². The van der Waals surface area contributed by atoms with Gasteiger partial charge in [0.15, 0.2) is 5.76 Å². The summed E-state index contributed by atoms with van der Waals surface area (Å²) in [6.07, 6.45) is 6.41. The van der Waals surface area contributed by atoms with E-state index in [2.05, 4.69) is 5.32 Å². The fourth-order valence-corrected chi connectivity index (χ4v) is 5.12. The van der Waals surface area contributed by atoms with Crippen LogP contribution in [0.4, 0.5) is 0 Å². The molecule has 158 valence electrons. The SMILES string of the molecule is CN(CC(=O)NC(C)(C)C)C(=O)c1oc2ccccc2c1CSC1CCCCC1. The zero-order valence-electron chi connectivity index (χ0n) is 17.9. The molecule has 6 heteroatoms. The molecular formula is C23H32N2O3S. The molecule has 29 heavy (non-hydrogen) atoms. The summed E-state index contributed by atoms with van der Waals surface area (Å²) in [5.74, 6) is 0.692. The Kier molecular flexibility index (Phi) is 6.93. The molecule has 5 nitrogen and oxygen atoms in total. The number of hydrogen-bond acceptors (Lipinski definition) is 4. The van der Waals surface area contributed by atoms with E-state index in [-0.39, 0.29) is 23.9 Å². The van der Waals surface area contributed by atoms with Crippen LogP contribution in [0.2, 0.25) is 0 Å². The first-order chi connectivity index (χ1) is 13.7. The molecule has 1 aromatic carbocycles. The maximum atomic E-state index is 13.1. The molecular weight excluding hydrogens is 384 g/mol. The third kappa shape index (κ3) is 5.78. The van der Waals surface area contributed by atoms with Gasteiger partial charge in [-0.05, 0) is 39.7 Å². The molecule has 1 fully saturated rings. The highest BCUT2D eigenvalue weighted by Gasteiger charge is 2.26. The summed E-state index contributed by atoms with van der Waals surface area (Å²) < 4.78 is 5.97. The minimum atomic E-state index is -0.331. The van der Waals surface area contributed by atoms with E-state index < -0.39 is 0 Å². The number of likely N-dealkylation sites (N-methyl/N-ethyl adjacent to an activating group) is 1. The van der Waals surface area contributed by atoms with E-state index in [0.717, 1.165) is 22.3 Å². The van der Waals surface area contributed by atoms with E-state index in [1.54, 1.807) is 7.05 Å². The minimum Gasteiger partial charge on any atom is -0.451 e. The van der Waals surface area contributed by atoms with E-state index in [4.69, 9.17) is 4.42 Å². The van der Waals surface area contributed by atoms with Crippen molar-refractivity contribution in [3.05, 3.63) is 35.6 Å². The molecule has 2 amide bonds. The lowest BCUT2D eigenvalue weighted by atomic mass is 10.0. The van der Waals surface area contributed by atoms with Crippen molar-refractivity contribution >= 4 is 34.5 Å². The van der Waals surface area contributed by atoms with Crippen LogP contribution >= 0.6 is 11.8 Å². The van der Waals surface area contributed by atoms with Gasteiger partial charge in [-0.2, -0.15) is 11.8 Å². The molecule has 0 radical (unpaired) electrons. The maximum Gasteiger partial charge on any atom is 0.290 e. The number of nitrogens with zero attached hydrogens (tertiary/aromatic N) is 1. The lowest BCUT2D eigenvalue weighted by Gasteiger charge is -2.23. The van der Waals surface area contributed by atoms with E-state index >= 15 is 0 Å². The van der Waals surface area contributed by atoms with Crippen LogP contribution < -0.4 is 5.32 Å². The second-order valence-corrected chi connectivity index (χ2v) is 10.2. The summed E-state index contributed by atoms with van der Waals surface area (Å²) in [6, 6.07) is 7.80. The van der Waals surface area contributed by atoms with E-state index in [9.17, 15) is 9.59 Å². The lowest BCUT2D eigenvalue weighted by molar-refractivity contribution is -0.122. The summed E-state index contributed by atoms with van der Waals surface area (Å²) in [7, 11) is 1.65. The highest BCUT2D eigenvalue weighted by molar-refractivity contribution is 7.99. The van der Waals surface area contributed by atoms with Crippen LogP contribution in [0.3, 0.4) is 0 Å². The van der Waals surface area contributed by atoms with Crippen LogP contribution in [-0.4, -0.2) is 41.1 Å². The number of benzene rings is 1.